The molecule has 1 heterocycles. The Bertz CT molecular complexity index is 673. The van der Waals surface area contributed by atoms with Gasteiger partial charge in [0.1, 0.15) is 12.4 Å². The highest BCUT2D eigenvalue weighted by molar-refractivity contribution is 6.62. The predicted molar refractivity (Wildman–Crippen MR) is 144 cm³/mol. The van der Waals surface area contributed by atoms with Crippen molar-refractivity contribution in [2.45, 2.75) is 136 Å². The molecule has 34 heavy (non-hydrogen) atoms. The Morgan fingerprint density at radius 3 is 1.74 bits per heavy atom. The molecule has 0 spiro atoms. The van der Waals surface area contributed by atoms with E-state index in [-0.39, 0.29) is 17.8 Å². The summed E-state index contributed by atoms with van der Waals surface area (Å²) in [5, 5.41) is 9.18. The summed E-state index contributed by atoms with van der Waals surface area (Å²) in [4.78, 5) is 0. The lowest BCUT2D eigenvalue weighted by Crippen LogP contribution is -2.41. The highest BCUT2D eigenvalue weighted by Crippen LogP contribution is 2.36. The van der Waals surface area contributed by atoms with Crippen molar-refractivity contribution in [3.8, 4) is 5.75 Å². The predicted octanol–water partition coefficient (Wildman–Crippen LogP) is 6.99. The van der Waals surface area contributed by atoms with Crippen LogP contribution in [0.15, 0.2) is 18.2 Å². The van der Waals surface area contributed by atoms with Crippen molar-refractivity contribution in [1.82, 2.24) is 0 Å². The molecule has 0 aromatic heterocycles. The van der Waals surface area contributed by atoms with E-state index in [2.05, 4.69) is 46.8 Å². The molecule has 0 saturated carbocycles. The first-order valence-electron chi connectivity index (χ1n) is 14.0. The van der Waals surface area contributed by atoms with E-state index in [1.165, 1.54) is 89.0 Å². The number of aryl methyl sites for hydroxylation is 1. The second-order valence-corrected chi connectivity index (χ2v) is 11.1. The zero-order chi connectivity index (χ0) is 24.9. The third-order valence-electron chi connectivity index (χ3n) is 7.44. The van der Waals surface area contributed by atoms with Crippen molar-refractivity contribution in [1.29, 1.82) is 0 Å². The normalized spacial score (nSPS) is 16.8. The van der Waals surface area contributed by atoms with Gasteiger partial charge in [0.2, 0.25) is 0 Å². The van der Waals surface area contributed by atoms with E-state index in [0.29, 0.717) is 6.61 Å². The molecule has 1 aromatic carbocycles. The van der Waals surface area contributed by atoms with Crippen LogP contribution in [0.2, 0.25) is 0 Å². The van der Waals surface area contributed by atoms with Crippen molar-refractivity contribution in [3.63, 3.8) is 0 Å². The van der Waals surface area contributed by atoms with Gasteiger partial charge < -0.3 is 19.2 Å². The van der Waals surface area contributed by atoms with Gasteiger partial charge in [0.25, 0.3) is 0 Å². The highest BCUT2D eigenvalue weighted by atomic mass is 16.7. The van der Waals surface area contributed by atoms with Crippen LogP contribution in [0.3, 0.4) is 0 Å². The fraction of sp³-hybridized carbons (Fsp3) is 0.793. The second kappa shape index (κ2) is 15.2. The van der Waals surface area contributed by atoms with Crippen LogP contribution >= 0.6 is 0 Å². The van der Waals surface area contributed by atoms with Crippen LogP contribution in [0, 0.1) is 0 Å². The van der Waals surface area contributed by atoms with Crippen LogP contribution in [0.25, 0.3) is 0 Å². The minimum absolute atomic E-state index is 0.00884. The molecule has 194 valence electrons. The van der Waals surface area contributed by atoms with Crippen LogP contribution in [0.1, 0.15) is 124 Å². The molecular weight excluding hydrogens is 423 g/mol. The highest BCUT2D eigenvalue weighted by Gasteiger charge is 2.51. The second-order valence-electron chi connectivity index (χ2n) is 11.1. The van der Waals surface area contributed by atoms with Crippen LogP contribution in [-0.2, 0) is 15.7 Å². The molecule has 1 fully saturated rings. The summed E-state index contributed by atoms with van der Waals surface area (Å²) in [7, 11) is -0.395. The summed E-state index contributed by atoms with van der Waals surface area (Å²) in [6.07, 6.45) is 18.8. The summed E-state index contributed by atoms with van der Waals surface area (Å²) in [5.74, 6) is 0.783. The first kappa shape index (κ1) is 29.2. The number of unbranched alkanes of at least 4 members (excludes halogenated alkanes) is 12. The molecule has 0 radical (unpaired) electrons. The Kier molecular flexibility index (Phi) is 13.0. The maximum Gasteiger partial charge on any atom is 0.494 e. The van der Waals surface area contributed by atoms with Crippen molar-refractivity contribution >= 4 is 12.6 Å². The van der Waals surface area contributed by atoms with Crippen LogP contribution < -0.4 is 10.2 Å². The van der Waals surface area contributed by atoms with Gasteiger partial charge in [-0.25, -0.2) is 0 Å². The molecule has 1 N–H and O–H groups in total. The van der Waals surface area contributed by atoms with E-state index >= 15 is 0 Å². The molecule has 0 atom stereocenters. The number of ether oxygens (including phenoxy) is 1. The SMILES string of the molecule is CCCCCCCCCCCCCCCc1cc(OCCO)cc(B2OC(C)(C)C(C)(C)O2)c1. The lowest BCUT2D eigenvalue weighted by molar-refractivity contribution is 0.00578. The van der Waals surface area contributed by atoms with Crippen molar-refractivity contribution < 1.29 is 19.2 Å². The average Bonchev–Trinajstić information content (AvgIpc) is 3.02. The summed E-state index contributed by atoms with van der Waals surface area (Å²) < 4.78 is 18.3. The summed E-state index contributed by atoms with van der Waals surface area (Å²) >= 11 is 0. The molecule has 0 aliphatic carbocycles. The summed E-state index contributed by atoms with van der Waals surface area (Å²) in [6, 6.07) is 6.30. The maximum atomic E-state index is 9.18. The van der Waals surface area contributed by atoms with Gasteiger partial charge in [-0.3, -0.25) is 0 Å². The van der Waals surface area contributed by atoms with Crippen molar-refractivity contribution in [2.24, 2.45) is 0 Å². The maximum absolute atomic E-state index is 9.18. The molecule has 1 aliphatic rings. The van der Waals surface area contributed by atoms with Gasteiger partial charge in [0, 0.05) is 0 Å². The van der Waals surface area contributed by atoms with E-state index < -0.39 is 7.12 Å². The molecule has 1 aromatic rings. The van der Waals surface area contributed by atoms with E-state index in [9.17, 15) is 5.11 Å². The van der Waals surface area contributed by atoms with Crippen molar-refractivity contribution in [3.05, 3.63) is 23.8 Å². The fourth-order valence-corrected chi connectivity index (χ4v) is 4.54. The van der Waals surface area contributed by atoms with E-state index in [0.717, 1.165) is 17.6 Å². The minimum Gasteiger partial charge on any atom is -0.491 e. The van der Waals surface area contributed by atoms with Gasteiger partial charge in [-0.15, -0.1) is 0 Å². The van der Waals surface area contributed by atoms with Crippen molar-refractivity contribution in [2.75, 3.05) is 13.2 Å². The van der Waals surface area contributed by atoms with E-state index in [1.807, 2.05) is 6.07 Å². The monoisotopic (exact) mass is 474 g/mol. The van der Waals surface area contributed by atoms with Gasteiger partial charge >= 0.3 is 7.12 Å². The van der Waals surface area contributed by atoms with Gasteiger partial charge in [-0.05, 0) is 63.7 Å². The Balaban J connectivity index is 1.73. The Labute approximate surface area is 210 Å². The minimum atomic E-state index is -0.395. The zero-order valence-corrected chi connectivity index (χ0v) is 22.8. The van der Waals surface area contributed by atoms with Crippen LogP contribution in [-0.4, -0.2) is 36.6 Å². The molecule has 5 heteroatoms. The number of hydrogen-bond acceptors (Lipinski definition) is 4. The number of aliphatic hydroxyl groups is 1. The Morgan fingerprint density at radius 2 is 1.24 bits per heavy atom. The van der Waals surface area contributed by atoms with Gasteiger partial charge in [0.15, 0.2) is 0 Å². The quantitative estimate of drug-likeness (QED) is 0.184. The lowest BCUT2D eigenvalue weighted by Gasteiger charge is -2.32. The van der Waals surface area contributed by atoms with E-state index in [1.54, 1.807) is 0 Å². The van der Waals surface area contributed by atoms with Gasteiger partial charge in [-0.1, -0.05) is 90.0 Å². The number of hydrogen-bond donors (Lipinski definition) is 1. The van der Waals surface area contributed by atoms with Crippen LogP contribution in [0.5, 0.6) is 5.75 Å². The Morgan fingerprint density at radius 1 is 0.735 bits per heavy atom. The first-order valence-corrected chi connectivity index (χ1v) is 14.0. The van der Waals surface area contributed by atoms with Gasteiger partial charge in [-0.2, -0.15) is 0 Å². The van der Waals surface area contributed by atoms with Crippen LogP contribution in [0.4, 0.5) is 0 Å². The average molecular weight is 475 g/mol. The Hall–Kier alpha value is -1.04. The molecule has 4 nitrogen and oxygen atoms in total. The molecule has 1 saturated heterocycles. The summed E-state index contributed by atoms with van der Waals surface area (Å²) in [6.45, 7) is 10.9. The molecular formula is C29H51BO4. The molecule has 1 aliphatic heterocycles. The number of rotatable bonds is 18. The topological polar surface area (TPSA) is 47.9 Å². The first-order chi connectivity index (χ1) is 16.3. The third kappa shape index (κ3) is 9.91. The molecule has 2 rings (SSSR count). The molecule has 0 amide bonds. The number of benzene rings is 1. The summed E-state index contributed by atoms with van der Waals surface area (Å²) in [5.41, 5.74) is 1.52. The zero-order valence-electron chi connectivity index (χ0n) is 22.8. The van der Waals surface area contributed by atoms with E-state index in [4.69, 9.17) is 14.0 Å². The lowest BCUT2D eigenvalue weighted by atomic mass is 9.78. The smallest absolute Gasteiger partial charge is 0.491 e. The molecule has 0 bridgehead atoms. The molecule has 0 unspecified atom stereocenters. The standard InChI is InChI=1S/C29H51BO4/c1-6-7-8-9-10-11-12-13-14-15-16-17-18-19-25-22-26(24-27(23-25)32-21-20-31)30-33-28(2,3)29(4,5)34-30/h22-24,31H,6-21H2,1-5H3. The number of aliphatic hydroxyl groups excluding tert-OH is 1. The largest absolute Gasteiger partial charge is 0.494 e. The third-order valence-corrected chi connectivity index (χ3v) is 7.44. The fourth-order valence-electron chi connectivity index (χ4n) is 4.54. The van der Waals surface area contributed by atoms with Gasteiger partial charge in [0.05, 0.1) is 17.8 Å².